The quantitative estimate of drug-likeness (QED) is 0.927. The Balaban J connectivity index is 2.16. The van der Waals surface area contributed by atoms with Crippen molar-refractivity contribution in [2.45, 2.75) is 19.9 Å². The molecule has 0 aliphatic carbocycles. The van der Waals surface area contributed by atoms with Crippen molar-refractivity contribution in [1.29, 1.82) is 0 Å². The van der Waals surface area contributed by atoms with Crippen LogP contribution in [0.4, 0.5) is 5.95 Å². The van der Waals surface area contributed by atoms with Crippen molar-refractivity contribution in [2.75, 3.05) is 12.4 Å². The lowest BCUT2D eigenvalue weighted by atomic mass is 10.1. The van der Waals surface area contributed by atoms with E-state index in [1.54, 1.807) is 13.2 Å². The summed E-state index contributed by atoms with van der Waals surface area (Å²) in [5.41, 5.74) is 1.98. The van der Waals surface area contributed by atoms with Crippen LogP contribution in [0.5, 0.6) is 5.88 Å². The molecule has 0 saturated heterocycles. The summed E-state index contributed by atoms with van der Waals surface area (Å²) in [4.78, 5) is 8.60. The van der Waals surface area contributed by atoms with Gasteiger partial charge in [0.2, 0.25) is 11.8 Å². The average Bonchev–Trinajstić information content (AvgIpc) is 2.38. The molecule has 5 heteroatoms. The second-order valence-corrected chi connectivity index (χ2v) is 4.73. The third-order valence-corrected chi connectivity index (χ3v) is 3.01. The first-order chi connectivity index (χ1) is 9.08. The van der Waals surface area contributed by atoms with Crippen LogP contribution in [0.25, 0.3) is 0 Å². The lowest BCUT2D eigenvalue weighted by Gasteiger charge is -2.15. The predicted molar refractivity (Wildman–Crippen MR) is 76.8 cm³/mol. The molecule has 100 valence electrons. The molecule has 1 heterocycles. The van der Waals surface area contributed by atoms with Crippen molar-refractivity contribution in [2.24, 2.45) is 0 Å². The molecule has 1 atom stereocenters. The van der Waals surface area contributed by atoms with Crippen LogP contribution in [0.3, 0.4) is 0 Å². The normalized spacial score (nSPS) is 12.0. The van der Waals surface area contributed by atoms with E-state index >= 15 is 0 Å². The van der Waals surface area contributed by atoms with Gasteiger partial charge in [0.25, 0.3) is 0 Å². The summed E-state index contributed by atoms with van der Waals surface area (Å²) in [5.74, 6) is 1.11. The number of aromatic nitrogens is 2. The van der Waals surface area contributed by atoms with E-state index in [2.05, 4.69) is 15.3 Å². The second-order valence-electron chi connectivity index (χ2n) is 4.29. The fraction of sp³-hybridized carbons (Fsp3) is 0.286. The minimum Gasteiger partial charge on any atom is -0.481 e. The van der Waals surface area contributed by atoms with Gasteiger partial charge in [-0.25, -0.2) is 4.98 Å². The van der Waals surface area contributed by atoms with Crippen molar-refractivity contribution in [3.8, 4) is 5.88 Å². The van der Waals surface area contributed by atoms with E-state index in [0.29, 0.717) is 11.8 Å². The summed E-state index contributed by atoms with van der Waals surface area (Å²) in [5, 5.41) is 3.97. The number of methoxy groups -OCH3 is 1. The molecule has 0 bridgehead atoms. The highest BCUT2D eigenvalue weighted by molar-refractivity contribution is 6.30. The molecule has 1 N–H and O–H groups in total. The Morgan fingerprint density at radius 3 is 2.53 bits per heavy atom. The highest BCUT2D eigenvalue weighted by atomic mass is 35.5. The fourth-order valence-corrected chi connectivity index (χ4v) is 1.86. The van der Waals surface area contributed by atoms with Crippen molar-refractivity contribution < 1.29 is 4.74 Å². The molecular weight excluding hydrogens is 262 g/mol. The van der Waals surface area contributed by atoms with Gasteiger partial charge in [0.15, 0.2) is 0 Å². The Kier molecular flexibility index (Phi) is 4.22. The number of hydrogen-bond donors (Lipinski definition) is 1. The fourth-order valence-electron chi connectivity index (χ4n) is 1.74. The molecule has 0 aliphatic rings. The number of halogens is 1. The first-order valence-electron chi connectivity index (χ1n) is 6.00. The number of rotatable bonds is 4. The van der Waals surface area contributed by atoms with Crippen LogP contribution >= 0.6 is 11.6 Å². The monoisotopic (exact) mass is 277 g/mol. The van der Waals surface area contributed by atoms with Gasteiger partial charge in [0.1, 0.15) is 0 Å². The Labute approximate surface area is 117 Å². The van der Waals surface area contributed by atoms with Crippen LogP contribution in [0.15, 0.2) is 30.3 Å². The maximum absolute atomic E-state index is 5.88. The van der Waals surface area contributed by atoms with Crippen LogP contribution in [-0.2, 0) is 0 Å². The smallest absolute Gasteiger partial charge is 0.226 e. The van der Waals surface area contributed by atoms with E-state index in [9.17, 15) is 0 Å². The molecule has 0 aliphatic heterocycles. The Morgan fingerprint density at radius 2 is 1.89 bits per heavy atom. The lowest BCUT2D eigenvalue weighted by Crippen LogP contribution is -2.10. The average molecular weight is 278 g/mol. The first kappa shape index (κ1) is 13.6. The molecule has 4 nitrogen and oxygen atoms in total. The van der Waals surface area contributed by atoms with Crippen molar-refractivity contribution in [3.63, 3.8) is 0 Å². The molecule has 1 aromatic carbocycles. The maximum atomic E-state index is 5.88. The van der Waals surface area contributed by atoms with Crippen LogP contribution < -0.4 is 10.1 Å². The van der Waals surface area contributed by atoms with E-state index in [1.807, 2.05) is 38.1 Å². The molecule has 2 rings (SSSR count). The molecule has 1 unspecified atom stereocenters. The van der Waals surface area contributed by atoms with Gasteiger partial charge in [-0.05, 0) is 31.5 Å². The number of benzene rings is 1. The molecule has 0 amide bonds. The topological polar surface area (TPSA) is 47.0 Å². The van der Waals surface area contributed by atoms with E-state index in [0.717, 1.165) is 16.3 Å². The van der Waals surface area contributed by atoms with Gasteiger partial charge >= 0.3 is 0 Å². The molecule has 0 spiro atoms. The van der Waals surface area contributed by atoms with Crippen LogP contribution in [0.2, 0.25) is 5.02 Å². The summed E-state index contributed by atoms with van der Waals surface area (Å²) < 4.78 is 5.13. The highest BCUT2D eigenvalue weighted by Crippen LogP contribution is 2.20. The van der Waals surface area contributed by atoms with E-state index in [4.69, 9.17) is 16.3 Å². The molecule has 19 heavy (non-hydrogen) atoms. The molecule has 0 fully saturated rings. The first-order valence-corrected chi connectivity index (χ1v) is 6.38. The molecule has 1 aromatic heterocycles. The molecule has 0 radical (unpaired) electrons. The SMILES string of the molecule is COc1cc(C)nc(NC(C)c2ccc(Cl)cc2)n1. The zero-order valence-corrected chi connectivity index (χ0v) is 11.9. The van der Waals surface area contributed by atoms with Gasteiger partial charge in [0.05, 0.1) is 13.2 Å². The van der Waals surface area contributed by atoms with Gasteiger partial charge in [-0.2, -0.15) is 4.98 Å². The number of anilines is 1. The zero-order valence-electron chi connectivity index (χ0n) is 11.1. The Hall–Kier alpha value is -1.81. The van der Waals surface area contributed by atoms with Crippen molar-refractivity contribution in [3.05, 3.63) is 46.6 Å². The van der Waals surface area contributed by atoms with Gasteiger partial charge in [-0.1, -0.05) is 23.7 Å². The summed E-state index contributed by atoms with van der Waals surface area (Å²) in [6.45, 7) is 3.95. The molecular formula is C14H16ClN3O. The van der Waals surface area contributed by atoms with E-state index in [1.165, 1.54) is 0 Å². The largest absolute Gasteiger partial charge is 0.481 e. The van der Waals surface area contributed by atoms with Gasteiger partial charge in [-0.15, -0.1) is 0 Å². The molecule has 0 saturated carbocycles. The zero-order chi connectivity index (χ0) is 13.8. The van der Waals surface area contributed by atoms with E-state index in [-0.39, 0.29) is 6.04 Å². The van der Waals surface area contributed by atoms with E-state index < -0.39 is 0 Å². The highest BCUT2D eigenvalue weighted by Gasteiger charge is 2.08. The van der Waals surface area contributed by atoms with Crippen LogP contribution in [0, 0.1) is 6.92 Å². The minimum absolute atomic E-state index is 0.0868. The number of ether oxygens (including phenoxy) is 1. The minimum atomic E-state index is 0.0868. The third kappa shape index (κ3) is 3.58. The summed E-state index contributed by atoms with van der Waals surface area (Å²) in [6.07, 6.45) is 0. The van der Waals surface area contributed by atoms with Gasteiger partial charge in [-0.3, -0.25) is 0 Å². The van der Waals surface area contributed by atoms with Crippen LogP contribution in [-0.4, -0.2) is 17.1 Å². The van der Waals surface area contributed by atoms with Crippen LogP contribution in [0.1, 0.15) is 24.2 Å². The predicted octanol–water partition coefficient (Wildman–Crippen LogP) is 3.62. The third-order valence-electron chi connectivity index (χ3n) is 2.76. The second kappa shape index (κ2) is 5.89. The van der Waals surface area contributed by atoms with Gasteiger partial charge < -0.3 is 10.1 Å². The van der Waals surface area contributed by atoms with Crippen molar-refractivity contribution >= 4 is 17.5 Å². The van der Waals surface area contributed by atoms with Crippen molar-refractivity contribution in [1.82, 2.24) is 9.97 Å². The Bertz CT molecular complexity index is 557. The number of nitrogens with zero attached hydrogens (tertiary/aromatic N) is 2. The number of nitrogens with one attached hydrogen (secondary N) is 1. The standard InChI is InChI=1S/C14H16ClN3O/c1-9-8-13(19-3)18-14(16-9)17-10(2)11-4-6-12(15)7-5-11/h4-8,10H,1-3H3,(H,16,17,18). The summed E-state index contributed by atoms with van der Waals surface area (Å²) in [7, 11) is 1.59. The number of aryl methyl sites for hydroxylation is 1. The summed E-state index contributed by atoms with van der Waals surface area (Å²) in [6, 6.07) is 9.57. The van der Waals surface area contributed by atoms with Gasteiger partial charge in [0, 0.05) is 16.8 Å². The lowest BCUT2D eigenvalue weighted by molar-refractivity contribution is 0.397. The maximum Gasteiger partial charge on any atom is 0.226 e. The Morgan fingerprint density at radius 1 is 1.21 bits per heavy atom. The molecule has 2 aromatic rings. The summed E-state index contributed by atoms with van der Waals surface area (Å²) >= 11 is 5.88. The number of hydrogen-bond acceptors (Lipinski definition) is 4.